The van der Waals surface area contributed by atoms with Gasteiger partial charge in [-0.2, -0.15) is 0 Å². The van der Waals surface area contributed by atoms with Crippen molar-refractivity contribution in [3.05, 3.63) is 0 Å². The summed E-state index contributed by atoms with van der Waals surface area (Å²) in [6.07, 6.45) is 4.48. The lowest BCUT2D eigenvalue weighted by atomic mass is 9.97. The molecule has 98 valence electrons. The van der Waals surface area contributed by atoms with Crippen LogP contribution in [0.3, 0.4) is 0 Å². The Labute approximate surface area is 101 Å². The molecule has 0 bridgehead atoms. The van der Waals surface area contributed by atoms with E-state index in [1.807, 2.05) is 0 Å². The van der Waals surface area contributed by atoms with Gasteiger partial charge >= 0.3 is 0 Å². The van der Waals surface area contributed by atoms with Gasteiger partial charge in [0.2, 0.25) is 0 Å². The second-order valence-corrected chi connectivity index (χ2v) is 4.94. The summed E-state index contributed by atoms with van der Waals surface area (Å²) in [5, 5.41) is 3.57. The Morgan fingerprint density at radius 2 is 1.88 bits per heavy atom. The van der Waals surface area contributed by atoms with Crippen molar-refractivity contribution in [2.24, 2.45) is 0 Å². The first kappa shape index (κ1) is 15.9. The zero-order valence-electron chi connectivity index (χ0n) is 11.6. The van der Waals surface area contributed by atoms with Crippen molar-refractivity contribution in [1.29, 1.82) is 0 Å². The van der Waals surface area contributed by atoms with Gasteiger partial charge in [-0.25, -0.2) is 0 Å². The topological polar surface area (TPSA) is 30.5 Å². The van der Waals surface area contributed by atoms with Crippen LogP contribution in [0.25, 0.3) is 0 Å². The zero-order chi connectivity index (χ0) is 12.4. The molecule has 0 aromatic carbocycles. The molecule has 0 aromatic rings. The molecular weight excluding hydrogens is 202 g/mol. The molecule has 0 radical (unpaired) electrons. The van der Waals surface area contributed by atoms with E-state index in [2.05, 4.69) is 26.1 Å². The molecule has 0 amide bonds. The van der Waals surface area contributed by atoms with Crippen LogP contribution in [-0.2, 0) is 9.47 Å². The van der Waals surface area contributed by atoms with E-state index >= 15 is 0 Å². The molecule has 3 nitrogen and oxygen atoms in total. The summed E-state index contributed by atoms with van der Waals surface area (Å²) in [4.78, 5) is 0. The van der Waals surface area contributed by atoms with Crippen LogP contribution in [-0.4, -0.2) is 39.0 Å². The van der Waals surface area contributed by atoms with Crippen LogP contribution in [0.4, 0.5) is 0 Å². The minimum Gasteiger partial charge on any atom is -0.385 e. The number of nitrogens with one attached hydrogen (secondary N) is 1. The molecule has 1 N–H and O–H groups in total. The van der Waals surface area contributed by atoms with Crippen molar-refractivity contribution < 1.29 is 9.47 Å². The number of methoxy groups -OCH3 is 2. The van der Waals surface area contributed by atoms with Gasteiger partial charge in [-0.05, 0) is 46.1 Å². The van der Waals surface area contributed by atoms with Crippen molar-refractivity contribution in [3.8, 4) is 0 Å². The summed E-state index contributed by atoms with van der Waals surface area (Å²) in [5.41, 5.74) is -0.0147. The van der Waals surface area contributed by atoms with Gasteiger partial charge in [0.05, 0.1) is 5.60 Å². The molecule has 0 aliphatic rings. The van der Waals surface area contributed by atoms with E-state index in [9.17, 15) is 0 Å². The van der Waals surface area contributed by atoms with Crippen molar-refractivity contribution in [2.75, 3.05) is 27.4 Å². The molecule has 0 saturated carbocycles. The first-order valence-electron chi connectivity index (χ1n) is 6.33. The molecule has 0 aliphatic carbocycles. The molecular formula is C13H29NO2. The van der Waals surface area contributed by atoms with Crippen molar-refractivity contribution >= 4 is 0 Å². The number of ether oxygens (including phenoxy) is 2. The van der Waals surface area contributed by atoms with Gasteiger partial charge in [-0.1, -0.05) is 6.92 Å². The predicted molar refractivity (Wildman–Crippen MR) is 68.9 cm³/mol. The van der Waals surface area contributed by atoms with Crippen LogP contribution in [0.1, 0.15) is 46.5 Å². The van der Waals surface area contributed by atoms with Crippen LogP contribution in [0.2, 0.25) is 0 Å². The average molecular weight is 231 g/mol. The van der Waals surface area contributed by atoms with Crippen molar-refractivity contribution in [1.82, 2.24) is 5.32 Å². The highest BCUT2D eigenvalue weighted by atomic mass is 16.5. The van der Waals surface area contributed by atoms with Gasteiger partial charge in [0.25, 0.3) is 0 Å². The minimum absolute atomic E-state index is 0.0147. The third-order valence-electron chi connectivity index (χ3n) is 3.00. The fourth-order valence-electron chi connectivity index (χ4n) is 1.58. The molecule has 1 atom stereocenters. The van der Waals surface area contributed by atoms with E-state index < -0.39 is 0 Å². The van der Waals surface area contributed by atoms with Gasteiger partial charge in [-0.3, -0.25) is 0 Å². The normalized spacial score (nSPS) is 14.1. The molecule has 0 fully saturated rings. The highest BCUT2D eigenvalue weighted by Crippen LogP contribution is 2.17. The number of hydrogen-bond acceptors (Lipinski definition) is 3. The molecule has 0 aliphatic heterocycles. The van der Waals surface area contributed by atoms with Gasteiger partial charge in [0.1, 0.15) is 0 Å². The lowest BCUT2D eigenvalue weighted by Gasteiger charge is -2.26. The average Bonchev–Trinajstić information content (AvgIpc) is 2.28. The standard InChI is InChI=1S/C13H29NO2/c1-6-10-14-12(8-11-15-4)7-9-13(2,3)16-5/h12,14H,6-11H2,1-5H3. The molecule has 0 saturated heterocycles. The summed E-state index contributed by atoms with van der Waals surface area (Å²) in [6, 6.07) is 0.550. The predicted octanol–water partition coefficient (Wildman–Crippen LogP) is 2.60. The first-order valence-corrected chi connectivity index (χ1v) is 6.33. The quantitative estimate of drug-likeness (QED) is 0.627. The van der Waals surface area contributed by atoms with Gasteiger partial charge in [0, 0.05) is 26.9 Å². The second-order valence-electron chi connectivity index (χ2n) is 4.94. The van der Waals surface area contributed by atoms with Gasteiger partial charge < -0.3 is 14.8 Å². The largest absolute Gasteiger partial charge is 0.385 e. The SMILES string of the molecule is CCCNC(CCOC)CCC(C)(C)OC. The monoisotopic (exact) mass is 231 g/mol. The molecule has 16 heavy (non-hydrogen) atoms. The second kappa shape index (κ2) is 8.97. The van der Waals surface area contributed by atoms with E-state index in [4.69, 9.17) is 9.47 Å². The molecule has 1 unspecified atom stereocenters. The Morgan fingerprint density at radius 3 is 2.38 bits per heavy atom. The molecule has 0 spiro atoms. The van der Waals surface area contributed by atoms with E-state index in [-0.39, 0.29) is 5.60 Å². The summed E-state index contributed by atoms with van der Waals surface area (Å²) >= 11 is 0. The fourth-order valence-corrected chi connectivity index (χ4v) is 1.58. The highest BCUT2D eigenvalue weighted by Gasteiger charge is 2.18. The van der Waals surface area contributed by atoms with Crippen molar-refractivity contribution in [2.45, 2.75) is 58.1 Å². The Hall–Kier alpha value is -0.120. The maximum Gasteiger partial charge on any atom is 0.0623 e. The summed E-state index contributed by atoms with van der Waals surface area (Å²) in [6.45, 7) is 8.39. The molecule has 0 aromatic heterocycles. The van der Waals surface area contributed by atoms with E-state index in [1.165, 1.54) is 6.42 Å². The van der Waals surface area contributed by atoms with Gasteiger partial charge in [0.15, 0.2) is 0 Å². The Balaban J connectivity index is 3.89. The Kier molecular flexibility index (Phi) is 8.90. The van der Waals surface area contributed by atoms with E-state index in [0.29, 0.717) is 6.04 Å². The van der Waals surface area contributed by atoms with Crippen LogP contribution < -0.4 is 5.32 Å². The van der Waals surface area contributed by atoms with Crippen molar-refractivity contribution in [3.63, 3.8) is 0 Å². The highest BCUT2D eigenvalue weighted by molar-refractivity contribution is 4.74. The summed E-state index contributed by atoms with van der Waals surface area (Å²) < 4.78 is 10.6. The molecule has 3 heteroatoms. The van der Waals surface area contributed by atoms with E-state index in [1.54, 1.807) is 14.2 Å². The summed E-state index contributed by atoms with van der Waals surface area (Å²) in [7, 11) is 3.54. The van der Waals surface area contributed by atoms with Gasteiger partial charge in [-0.15, -0.1) is 0 Å². The number of hydrogen-bond donors (Lipinski definition) is 1. The minimum atomic E-state index is -0.0147. The zero-order valence-corrected chi connectivity index (χ0v) is 11.6. The third-order valence-corrected chi connectivity index (χ3v) is 3.00. The lowest BCUT2D eigenvalue weighted by molar-refractivity contribution is 0.0109. The maximum absolute atomic E-state index is 5.44. The van der Waals surface area contributed by atoms with Crippen LogP contribution in [0.15, 0.2) is 0 Å². The van der Waals surface area contributed by atoms with E-state index in [0.717, 1.165) is 32.4 Å². The fraction of sp³-hybridized carbons (Fsp3) is 1.00. The lowest BCUT2D eigenvalue weighted by Crippen LogP contribution is -2.34. The summed E-state index contributed by atoms with van der Waals surface area (Å²) in [5.74, 6) is 0. The first-order chi connectivity index (χ1) is 7.55. The van der Waals surface area contributed by atoms with Crippen LogP contribution in [0, 0.1) is 0 Å². The number of rotatable bonds is 10. The van der Waals surface area contributed by atoms with Crippen LogP contribution >= 0.6 is 0 Å². The molecule has 0 rings (SSSR count). The third kappa shape index (κ3) is 8.08. The molecule has 0 heterocycles. The maximum atomic E-state index is 5.44. The smallest absolute Gasteiger partial charge is 0.0623 e. The van der Waals surface area contributed by atoms with Crippen LogP contribution in [0.5, 0.6) is 0 Å². The Bertz CT molecular complexity index is 152. The Morgan fingerprint density at radius 1 is 1.19 bits per heavy atom.